The van der Waals surface area contributed by atoms with Gasteiger partial charge < -0.3 is 5.32 Å². The number of carbonyl (C=O) groups is 1. The molecule has 2 aromatic carbocycles. The van der Waals surface area contributed by atoms with Crippen molar-refractivity contribution in [2.45, 2.75) is 20.3 Å². The maximum atomic E-state index is 12.5. The molecule has 1 aliphatic rings. The van der Waals surface area contributed by atoms with Crippen LogP contribution in [0.1, 0.15) is 27.9 Å². The van der Waals surface area contributed by atoms with Crippen molar-refractivity contribution >= 4 is 27.3 Å². The van der Waals surface area contributed by atoms with Crippen molar-refractivity contribution in [3.05, 3.63) is 59.2 Å². The molecule has 2 aromatic rings. The molecular formula is C18H20N2O3S. The van der Waals surface area contributed by atoms with Gasteiger partial charge in [0.05, 0.1) is 11.4 Å². The summed E-state index contributed by atoms with van der Waals surface area (Å²) in [5, 5.41) is 2.86. The first-order valence-electron chi connectivity index (χ1n) is 7.86. The Labute approximate surface area is 142 Å². The van der Waals surface area contributed by atoms with E-state index in [1.165, 1.54) is 4.31 Å². The number of nitrogens with zero attached hydrogens (tertiary/aromatic N) is 1. The lowest BCUT2D eigenvalue weighted by molar-refractivity contribution is 0.102. The Morgan fingerprint density at radius 2 is 1.92 bits per heavy atom. The number of benzene rings is 2. The summed E-state index contributed by atoms with van der Waals surface area (Å²) in [6, 6.07) is 12.7. The van der Waals surface area contributed by atoms with Crippen molar-refractivity contribution in [1.29, 1.82) is 0 Å². The third-order valence-corrected chi connectivity index (χ3v) is 6.00. The van der Waals surface area contributed by atoms with Gasteiger partial charge in [0.25, 0.3) is 5.91 Å². The Hall–Kier alpha value is -2.34. The molecule has 1 heterocycles. The van der Waals surface area contributed by atoms with Crippen LogP contribution in [0.2, 0.25) is 0 Å². The molecule has 1 saturated heterocycles. The molecule has 3 rings (SSSR count). The van der Waals surface area contributed by atoms with Gasteiger partial charge >= 0.3 is 0 Å². The maximum absolute atomic E-state index is 12.5. The topological polar surface area (TPSA) is 66.5 Å². The summed E-state index contributed by atoms with van der Waals surface area (Å²) in [5.74, 6) is -0.0239. The van der Waals surface area contributed by atoms with E-state index in [-0.39, 0.29) is 11.7 Å². The molecule has 0 unspecified atom stereocenters. The number of carbonyl (C=O) groups excluding carboxylic acids is 1. The minimum absolute atomic E-state index is 0.173. The number of aryl methyl sites for hydroxylation is 2. The molecule has 1 N–H and O–H groups in total. The summed E-state index contributed by atoms with van der Waals surface area (Å²) in [5.41, 5.74) is 3.71. The highest BCUT2D eigenvalue weighted by Crippen LogP contribution is 2.26. The first-order valence-corrected chi connectivity index (χ1v) is 9.47. The minimum atomic E-state index is -3.23. The summed E-state index contributed by atoms with van der Waals surface area (Å²) >= 11 is 0. The summed E-state index contributed by atoms with van der Waals surface area (Å²) in [6.07, 6.45) is 0.626. The fourth-order valence-corrected chi connectivity index (χ4v) is 4.40. The average Bonchev–Trinajstić information content (AvgIpc) is 2.89. The Kier molecular flexibility index (Phi) is 4.32. The van der Waals surface area contributed by atoms with Crippen molar-refractivity contribution in [2.75, 3.05) is 21.9 Å². The molecule has 0 aromatic heterocycles. The largest absolute Gasteiger partial charge is 0.322 e. The third kappa shape index (κ3) is 3.28. The van der Waals surface area contributed by atoms with E-state index >= 15 is 0 Å². The highest BCUT2D eigenvalue weighted by atomic mass is 32.2. The standard InChI is InChI=1S/C18H20N2O3S/c1-13-7-8-14(2)17(11-13)18(21)19-15-5-3-6-16(12-15)20-9-4-10-24(20,22)23/h3,5-8,11-12H,4,9-10H2,1-2H3,(H,19,21). The van der Waals surface area contributed by atoms with Crippen molar-refractivity contribution in [3.63, 3.8) is 0 Å². The smallest absolute Gasteiger partial charge is 0.255 e. The molecule has 126 valence electrons. The van der Waals surface area contributed by atoms with E-state index in [4.69, 9.17) is 0 Å². The second-order valence-corrected chi connectivity index (χ2v) is 8.08. The van der Waals surface area contributed by atoms with Gasteiger partial charge in [-0.1, -0.05) is 23.8 Å². The van der Waals surface area contributed by atoms with E-state index in [2.05, 4.69) is 5.32 Å². The molecule has 24 heavy (non-hydrogen) atoms. The predicted octanol–water partition coefficient (Wildman–Crippen LogP) is 3.10. The summed E-state index contributed by atoms with van der Waals surface area (Å²) in [7, 11) is -3.23. The van der Waals surface area contributed by atoms with E-state index in [0.29, 0.717) is 29.9 Å². The van der Waals surface area contributed by atoms with Gasteiger partial charge in [-0.05, 0) is 50.1 Å². The van der Waals surface area contributed by atoms with E-state index in [9.17, 15) is 13.2 Å². The van der Waals surface area contributed by atoms with E-state index in [1.54, 1.807) is 24.3 Å². The van der Waals surface area contributed by atoms with Gasteiger partial charge in [0.1, 0.15) is 0 Å². The quantitative estimate of drug-likeness (QED) is 0.930. The van der Waals surface area contributed by atoms with Gasteiger partial charge in [0.15, 0.2) is 0 Å². The molecule has 0 aliphatic carbocycles. The van der Waals surface area contributed by atoms with E-state index < -0.39 is 10.0 Å². The second kappa shape index (κ2) is 6.28. The van der Waals surface area contributed by atoms with Gasteiger partial charge in [-0.2, -0.15) is 0 Å². The lowest BCUT2D eigenvalue weighted by Gasteiger charge is -2.18. The van der Waals surface area contributed by atoms with Crippen LogP contribution in [-0.2, 0) is 10.0 Å². The number of amides is 1. The van der Waals surface area contributed by atoms with Crippen LogP contribution < -0.4 is 9.62 Å². The average molecular weight is 344 g/mol. The highest BCUT2D eigenvalue weighted by molar-refractivity contribution is 7.93. The normalized spacial score (nSPS) is 16.2. The lowest BCUT2D eigenvalue weighted by Crippen LogP contribution is -2.25. The van der Waals surface area contributed by atoms with Crippen LogP contribution in [0.5, 0.6) is 0 Å². The third-order valence-electron chi connectivity index (χ3n) is 4.13. The molecule has 0 bridgehead atoms. The van der Waals surface area contributed by atoms with Gasteiger partial charge in [-0.15, -0.1) is 0 Å². The Morgan fingerprint density at radius 3 is 2.62 bits per heavy atom. The van der Waals surface area contributed by atoms with Crippen molar-refractivity contribution in [2.24, 2.45) is 0 Å². The zero-order valence-electron chi connectivity index (χ0n) is 13.7. The van der Waals surface area contributed by atoms with Crippen molar-refractivity contribution < 1.29 is 13.2 Å². The van der Waals surface area contributed by atoms with Crippen LogP contribution in [0.4, 0.5) is 11.4 Å². The maximum Gasteiger partial charge on any atom is 0.255 e. The first kappa shape index (κ1) is 16.5. The van der Waals surface area contributed by atoms with Crippen LogP contribution in [0.25, 0.3) is 0 Å². The van der Waals surface area contributed by atoms with Gasteiger partial charge in [-0.25, -0.2) is 8.42 Å². The molecule has 0 atom stereocenters. The zero-order chi connectivity index (χ0) is 17.3. The number of sulfonamides is 1. The van der Waals surface area contributed by atoms with Crippen LogP contribution in [-0.4, -0.2) is 26.6 Å². The minimum Gasteiger partial charge on any atom is -0.322 e. The molecule has 6 heteroatoms. The highest BCUT2D eigenvalue weighted by Gasteiger charge is 2.28. The van der Waals surface area contributed by atoms with Crippen molar-refractivity contribution in [1.82, 2.24) is 0 Å². The molecule has 5 nitrogen and oxygen atoms in total. The van der Waals surface area contributed by atoms with Crippen LogP contribution in [0, 0.1) is 13.8 Å². The second-order valence-electron chi connectivity index (χ2n) is 6.06. The monoisotopic (exact) mass is 344 g/mol. The summed E-state index contributed by atoms with van der Waals surface area (Å²) < 4.78 is 25.5. The number of nitrogens with one attached hydrogen (secondary N) is 1. The first-order chi connectivity index (χ1) is 11.4. The van der Waals surface area contributed by atoms with E-state index in [1.807, 2.05) is 32.0 Å². The fraction of sp³-hybridized carbons (Fsp3) is 0.278. The summed E-state index contributed by atoms with van der Waals surface area (Å²) in [4.78, 5) is 12.5. The Balaban J connectivity index is 1.85. The molecule has 1 amide bonds. The molecule has 1 aliphatic heterocycles. The SMILES string of the molecule is Cc1ccc(C)c(C(=O)Nc2cccc(N3CCCS3(=O)=O)c2)c1. The fourth-order valence-electron chi connectivity index (χ4n) is 2.85. The van der Waals surface area contributed by atoms with Crippen LogP contribution >= 0.6 is 0 Å². The predicted molar refractivity (Wildman–Crippen MR) is 96.1 cm³/mol. The van der Waals surface area contributed by atoms with E-state index in [0.717, 1.165) is 11.1 Å². The molecule has 0 saturated carbocycles. The van der Waals surface area contributed by atoms with Crippen LogP contribution in [0.3, 0.4) is 0 Å². The molecule has 0 radical (unpaired) electrons. The van der Waals surface area contributed by atoms with Gasteiger partial charge in [0.2, 0.25) is 10.0 Å². The van der Waals surface area contributed by atoms with Crippen molar-refractivity contribution in [3.8, 4) is 0 Å². The molecular weight excluding hydrogens is 324 g/mol. The lowest BCUT2D eigenvalue weighted by atomic mass is 10.0. The number of rotatable bonds is 3. The number of anilines is 2. The van der Waals surface area contributed by atoms with Gasteiger partial charge in [0, 0.05) is 17.8 Å². The zero-order valence-corrected chi connectivity index (χ0v) is 14.6. The van der Waals surface area contributed by atoms with Gasteiger partial charge in [-0.3, -0.25) is 9.10 Å². The molecule has 0 spiro atoms. The number of hydrogen-bond acceptors (Lipinski definition) is 3. The Morgan fingerprint density at radius 1 is 1.12 bits per heavy atom. The molecule has 1 fully saturated rings. The van der Waals surface area contributed by atoms with Crippen LogP contribution in [0.15, 0.2) is 42.5 Å². The summed E-state index contributed by atoms with van der Waals surface area (Å²) in [6.45, 7) is 4.31. The Bertz CT molecular complexity index is 891. The number of hydrogen-bond donors (Lipinski definition) is 1.